The van der Waals surface area contributed by atoms with E-state index in [9.17, 15) is 24.0 Å². The molecule has 0 saturated heterocycles. The highest BCUT2D eigenvalue weighted by Crippen LogP contribution is 2.24. The summed E-state index contributed by atoms with van der Waals surface area (Å²) in [5.41, 5.74) is -3.34. The maximum atomic E-state index is 15.2. The minimum Gasteiger partial charge on any atom is -0.462 e. The van der Waals surface area contributed by atoms with Crippen molar-refractivity contribution in [2.24, 2.45) is 5.92 Å². The summed E-state index contributed by atoms with van der Waals surface area (Å²) in [7, 11) is 0. The van der Waals surface area contributed by atoms with Gasteiger partial charge < -0.3 is 18.9 Å². The van der Waals surface area contributed by atoms with Crippen LogP contribution in [0.25, 0.3) is 0 Å². The van der Waals surface area contributed by atoms with E-state index in [-0.39, 0.29) is 11.5 Å². The highest BCUT2D eigenvalue weighted by atomic mass is 19.1. The summed E-state index contributed by atoms with van der Waals surface area (Å²) in [6.07, 6.45) is -6.95. The van der Waals surface area contributed by atoms with Gasteiger partial charge in [0.15, 0.2) is 0 Å². The summed E-state index contributed by atoms with van der Waals surface area (Å²) in [4.78, 5) is 65.2. The van der Waals surface area contributed by atoms with Crippen molar-refractivity contribution < 1.29 is 47.3 Å². The summed E-state index contributed by atoms with van der Waals surface area (Å²) >= 11 is 0. The molecule has 0 aliphatic heterocycles. The minimum atomic E-state index is -2.91. The van der Waals surface area contributed by atoms with Gasteiger partial charge in [0.1, 0.15) is 22.8 Å². The van der Waals surface area contributed by atoms with Crippen LogP contribution in [-0.4, -0.2) is 75.7 Å². The van der Waals surface area contributed by atoms with Crippen LogP contribution in [-0.2, 0) is 28.5 Å². The number of amides is 4. The van der Waals surface area contributed by atoms with E-state index in [1.807, 2.05) is 0 Å². The van der Waals surface area contributed by atoms with E-state index in [4.69, 9.17) is 14.2 Å². The molecular formula is C24H41FN2O9. The number of rotatable bonds is 6. The lowest BCUT2D eigenvalue weighted by molar-refractivity contribution is -0.163. The number of nitrogens with zero attached hydrogens (tertiary/aromatic N) is 2. The Hall–Kier alpha value is -2.92. The Kier molecular flexibility index (Phi) is 11.4. The molecular weight excluding hydrogens is 479 g/mol. The molecule has 0 bridgehead atoms. The zero-order valence-electron chi connectivity index (χ0n) is 23.4. The van der Waals surface area contributed by atoms with Crippen LogP contribution in [0.2, 0.25) is 0 Å². The monoisotopic (exact) mass is 520 g/mol. The summed E-state index contributed by atoms with van der Waals surface area (Å²) in [6, 6.07) is -1.81. The van der Waals surface area contributed by atoms with E-state index < -0.39 is 65.2 Å². The third kappa shape index (κ3) is 10.8. The van der Waals surface area contributed by atoms with Gasteiger partial charge in [0.25, 0.3) is 12.2 Å². The standard InChI is InChI=1S/C24H41FN2O9/c1-13-33-18(29)16(25)27(21(32)36-24(10,11)12)17(28)15(14(2)3)26(19(30)34-22(4,5)6)20(31)35-23(7,8)9/h14-16H,13H2,1-12H3/t15-,16?/m0/s1. The van der Waals surface area contributed by atoms with Gasteiger partial charge in [0.2, 0.25) is 0 Å². The number of carbonyl (C=O) groups excluding carboxylic acids is 5. The number of carbonyl (C=O) groups is 5. The fraction of sp³-hybridized carbons (Fsp3) is 0.792. The Morgan fingerprint density at radius 1 is 0.694 bits per heavy atom. The Labute approximate surface area is 212 Å². The maximum Gasteiger partial charge on any atom is 0.420 e. The molecule has 1 unspecified atom stereocenters. The Morgan fingerprint density at radius 2 is 1.03 bits per heavy atom. The molecule has 0 aliphatic rings. The average molecular weight is 521 g/mol. The van der Waals surface area contributed by atoms with Crippen molar-refractivity contribution in [2.45, 2.75) is 112 Å². The molecule has 4 amide bonds. The molecule has 0 fully saturated rings. The van der Waals surface area contributed by atoms with Gasteiger partial charge in [0, 0.05) is 0 Å². The number of hydrogen-bond donors (Lipinski definition) is 0. The largest absolute Gasteiger partial charge is 0.462 e. The highest BCUT2D eigenvalue weighted by Gasteiger charge is 2.48. The SMILES string of the molecule is CCOC(=O)C(F)N(C(=O)OC(C)(C)C)C(=O)[C@H](C(C)C)N(C(=O)OC(C)(C)C)C(=O)OC(C)(C)C. The van der Waals surface area contributed by atoms with E-state index >= 15 is 4.39 Å². The van der Waals surface area contributed by atoms with Crippen molar-refractivity contribution in [3.63, 3.8) is 0 Å². The second-order valence-electron chi connectivity index (χ2n) is 11.3. The predicted molar refractivity (Wildman–Crippen MR) is 128 cm³/mol. The van der Waals surface area contributed by atoms with E-state index in [0.717, 1.165) is 0 Å². The van der Waals surface area contributed by atoms with E-state index in [1.165, 1.54) is 83.1 Å². The molecule has 11 nitrogen and oxygen atoms in total. The first-order valence-corrected chi connectivity index (χ1v) is 11.6. The lowest BCUT2D eigenvalue weighted by Crippen LogP contribution is -2.60. The number of esters is 1. The normalized spacial score (nSPS) is 13.8. The quantitative estimate of drug-likeness (QED) is 0.275. The van der Waals surface area contributed by atoms with Crippen LogP contribution < -0.4 is 0 Å². The second-order valence-corrected chi connectivity index (χ2v) is 11.3. The zero-order valence-corrected chi connectivity index (χ0v) is 23.4. The fourth-order valence-corrected chi connectivity index (χ4v) is 2.68. The van der Waals surface area contributed by atoms with Gasteiger partial charge in [-0.05, 0) is 75.2 Å². The molecule has 0 spiro atoms. The van der Waals surface area contributed by atoms with Gasteiger partial charge in [-0.2, -0.15) is 4.90 Å². The van der Waals surface area contributed by atoms with Crippen molar-refractivity contribution in [1.82, 2.24) is 9.80 Å². The number of imide groups is 2. The molecule has 0 heterocycles. The Balaban J connectivity index is 6.80. The molecule has 208 valence electrons. The van der Waals surface area contributed by atoms with Crippen molar-refractivity contribution in [3.8, 4) is 0 Å². The third-order valence-electron chi connectivity index (χ3n) is 3.88. The topological polar surface area (TPSA) is 129 Å². The van der Waals surface area contributed by atoms with Crippen LogP contribution >= 0.6 is 0 Å². The summed E-state index contributed by atoms with van der Waals surface area (Å²) in [6.45, 7) is 17.7. The van der Waals surface area contributed by atoms with Gasteiger partial charge >= 0.3 is 24.2 Å². The molecule has 2 atom stereocenters. The van der Waals surface area contributed by atoms with Crippen molar-refractivity contribution in [3.05, 3.63) is 0 Å². The van der Waals surface area contributed by atoms with Gasteiger partial charge in [0.05, 0.1) is 6.61 Å². The van der Waals surface area contributed by atoms with Gasteiger partial charge in [-0.1, -0.05) is 13.8 Å². The van der Waals surface area contributed by atoms with Crippen molar-refractivity contribution >= 4 is 30.2 Å². The Morgan fingerprint density at radius 3 is 1.31 bits per heavy atom. The summed E-state index contributed by atoms with van der Waals surface area (Å²) < 4.78 is 35.6. The first kappa shape index (κ1) is 33.1. The predicted octanol–water partition coefficient (Wildman–Crippen LogP) is 4.81. The average Bonchev–Trinajstić information content (AvgIpc) is 2.60. The van der Waals surface area contributed by atoms with E-state index in [0.29, 0.717) is 4.90 Å². The van der Waals surface area contributed by atoms with Crippen LogP contribution in [0, 0.1) is 5.92 Å². The van der Waals surface area contributed by atoms with E-state index in [1.54, 1.807) is 0 Å². The smallest absolute Gasteiger partial charge is 0.420 e. The highest BCUT2D eigenvalue weighted by molar-refractivity contribution is 6.02. The molecule has 0 aromatic heterocycles. The molecule has 0 saturated carbocycles. The number of hydrogen-bond acceptors (Lipinski definition) is 9. The van der Waals surface area contributed by atoms with Crippen LogP contribution in [0.15, 0.2) is 0 Å². The molecule has 36 heavy (non-hydrogen) atoms. The van der Waals surface area contributed by atoms with Crippen LogP contribution in [0.1, 0.15) is 83.1 Å². The van der Waals surface area contributed by atoms with Crippen LogP contribution in [0.3, 0.4) is 0 Å². The maximum absolute atomic E-state index is 15.2. The molecule has 0 rings (SSSR count). The summed E-state index contributed by atoms with van der Waals surface area (Å²) in [5.74, 6) is -3.81. The summed E-state index contributed by atoms with van der Waals surface area (Å²) in [5, 5.41) is 0. The minimum absolute atomic E-state index is 0.102. The lowest BCUT2D eigenvalue weighted by Gasteiger charge is -2.37. The van der Waals surface area contributed by atoms with Crippen molar-refractivity contribution in [1.29, 1.82) is 0 Å². The van der Waals surface area contributed by atoms with Crippen LogP contribution in [0.4, 0.5) is 18.8 Å². The first-order valence-electron chi connectivity index (χ1n) is 11.6. The first-order chi connectivity index (χ1) is 16.0. The molecule has 0 aromatic carbocycles. The van der Waals surface area contributed by atoms with Crippen molar-refractivity contribution in [2.75, 3.05) is 6.61 Å². The molecule has 0 radical (unpaired) electrons. The number of halogens is 1. The Bertz CT molecular complexity index is 795. The van der Waals surface area contributed by atoms with Gasteiger partial charge in [-0.15, -0.1) is 0 Å². The molecule has 12 heteroatoms. The zero-order chi connectivity index (χ0) is 28.8. The fourth-order valence-electron chi connectivity index (χ4n) is 2.68. The molecule has 0 N–H and O–H groups in total. The van der Waals surface area contributed by atoms with Gasteiger partial charge in [-0.25, -0.2) is 28.5 Å². The van der Waals surface area contributed by atoms with E-state index in [2.05, 4.69) is 4.74 Å². The molecule has 0 aromatic rings. The second kappa shape index (κ2) is 12.4. The molecule has 0 aliphatic carbocycles. The lowest BCUT2D eigenvalue weighted by atomic mass is 10.0. The van der Waals surface area contributed by atoms with Gasteiger partial charge in [-0.3, -0.25) is 4.79 Å². The third-order valence-corrected chi connectivity index (χ3v) is 3.88. The number of ether oxygens (including phenoxy) is 4. The van der Waals surface area contributed by atoms with Crippen LogP contribution in [0.5, 0.6) is 0 Å². The number of alkyl halides is 1.